The van der Waals surface area contributed by atoms with Gasteiger partial charge in [0.25, 0.3) is 5.56 Å². The zero-order valence-corrected chi connectivity index (χ0v) is 14.3. The van der Waals surface area contributed by atoms with Gasteiger partial charge in [0.1, 0.15) is 5.82 Å². The molecule has 25 heavy (non-hydrogen) atoms. The van der Waals surface area contributed by atoms with E-state index < -0.39 is 15.7 Å². The number of rotatable bonds is 5. The van der Waals surface area contributed by atoms with Crippen molar-refractivity contribution in [2.24, 2.45) is 0 Å². The Morgan fingerprint density at radius 1 is 1.20 bits per heavy atom. The van der Waals surface area contributed by atoms with Crippen molar-refractivity contribution in [2.75, 3.05) is 18.1 Å². The number of nitrogens with one attached hydrogen (secondary N) is 1. The molecule has 1 aromatic heterocycles. The second kappa shape index (κ2) is 6.64. The van der Waals surface area contributed by atoms with E-state index in [9.17, 15) is 17.6 Å². The summed E-state index contributed by atoms with van der Waals surface area (Å²) in [6, 6.07) is 10.8. The summed E-state index contributed by atoms with van der Waals surface area (Å²) in [7, 11) is -3.46. The van der Waals surface area contributed by atoms with Crippen LogP contribution in [0.5, 0.6) is 0 Å². The van der Waals surface area contributed by atoms with Gasteiger partial charge >= 0.3 is 0 Å². The van der Waals surface area contributed by atoms with E-state index in [0.29, 0.717) is 5.39 Å². The molecule has 3 rings (SSSR count). The quantitative estimate of drug-likeness (QED) is 0.752. The molecular formula is C17H16FN3O3S. The Balaban J connectivity index is 1.73. The second-order valence-electron chi connectivity index (χ2n) is 5.60. The van der Waals surface area contributed by atoms with Crippen LogP contribution in [-0.2, 0) is 16.4 Å². The Bertz CT molecular complexity index is 1090. The lowest BCUT2D eigenvalue weighted by molar-refractivity contribution is 0.592. The third kappa shape index (κ3) is 3.69. The lowest BCUT2D eigenvalue weighted by Gasteiger charge is -2.10. The van der Waals surface area contributed by atoms with E-state index in [2.05, 4.69) is 10.4 Å². The van der Waals surface area contributed by atoms with Crippen LogP contribution in [0.1, 0.15) is 0 Å². The summed E-state index contributed by atoms with van der Waals surface area (Å²) in [6.45, 7) is 0.511. The van der Waals surface area contributed by atoms with Gasteiger partial charge in [-0.05, 0) is 24.3 Å². The van der Waals surface area contributed by atoms with E-state index in [4.69, 9.17) is 0 Å². The molecule has 0 bridgehead atoms. The first kappa shape index (κ1) is 17.1. The van der Waals surface area contributed by atoms with E-state index in [-0.39, 0.29) is 29.2 Å². The fourth-order valence-electron chi connectivity index (χ4n) is 2.45. The minimum Gasteiger partial charge on any atom is -0.381 e. The van der Waals surface area contributed by atoms with Crippen molar-refractivity contribution in [1.29, 1.82) is 0 Å². The third-order valence-electron chi connectivity index (χ3n) is 3.77. The number of benzene rings is 2. The maximum Gasteiger partial charge on any atom is 0.274 e. The Morgan fingerprint density at radius 2 is 1.96 bits per heavy atom. The maximum atomic E-state index is 14.0. The molecule has 0 atom stereocenters. The van der Waals surface area contributed by atoms with Gasteiger partial charge in [-0.1, -0.05) is 18.2 Å². The van der Waals surface area contributed by atoms with Crippen LogP contribution in [-0.4, -0.2) is 31.0 Å². The zero-order valence-electron chi connectivity index (χ0n) is 13.4. The van der Waals surface area contributed by atoms with Crippen LogP contribution in [0.15, 0.2) is 58.4 Å². The molecular weight excluding hydrogens is 345 g/mol. The predicted octanol–water partition coefficient (Wildman–Crippen LogP) is 2.05. The summed E-state index contributed by atoms with van der Waals surface area (Å²) >= 11 is 0. The second-order valence-corrected chi connectivity index (χ2v) is 7.62. The topological polar surface area (TPSA) is 81.1 Å². The van der Waals surface area contributed by atoms with Gasteiger partial charge in [0, 0.05) is 18.2 Å². The minimum atomic E-state index is -3.46. The third-order valence-corrected chi connectivity index (χ3v) is 4.88. The molecule has 6 nitrogen and oxygen atoms in total. The van der Waals surface area contributed by atoms with Gasteiger partial charge in [0.05, 0.1) is 28.7 Å². The highest BCUT2D eigenvalue weighted by Crippen LogP contribution is 2.18. The van der Waals surface area contributed by atoms with Crippen molar-refractivity contribution in [3.8, 4) is 0 Å². The van der Waals surface area contributed by atoms with Crippen LogP contribution in [0, 0.1) is 5.82 Å². The van der Waals surface area contributed by atoms with Crippen molar-refractivity contribution >= 4 is 26.3 Å². The zero-order chi connectivity index (χ0) is 18.0. The van der Waals surface area contributed by atoms with Crippen LogP contribution in [0.25, 0.3) is 10.8 Å². The molecule has 0 amide bonds. The van der Waals surface area contributed by atoms with Gasteiger partial charge in [0.2, 0.25) is 0 Å². The fraction of sp³-hybridized carbons (Fsp3) is 0.176. The van der Waals surface area contributed by atoms with Crippen molar-refractivity contribution in [2.45, 2.75) is 11.4 Å². The Kier molecular flexibility index (Phi) is 4.54. The summed E-state index contributed by atoms with van der Waals surface area (Å²) in [4.78, 5) is 12.2. The standard InChI is InChI=1S/C17H16FN3O3S/c1-25(23,24)13-6-7-16(15(18)10-13)19-8-9-21-17(22)14-5-3-2-4-12(14)11-20-21/h2-7,10-11,19H,8-9H2,1H3. The lowest BCUT2D eigenvalue weighted by atomic mass is 10.2. The SMILES string of the molecule is CS(=O)(=O)c1ccc(NCCn2ncc3ccccc3c2=O)c(F)c1. The van der Waals surface area contributed by atoms with Gasteiger partial charge in [0.15, 0.2) is 9.84 Å². The summed E-state index contributed by atoms with van der Waals surface area (Å²) < 4.78 is 38.1. The highest BCUT2D eigenvalue weighted by Gasteiger charge is 2.11. The van der Waals surface area contributed by atoms with E-state index in [1.54, 1.807) is 18.3 Å². The molecule has 0 saturated heterocycles. The molecule has 2 aromatic carbocycles. The largest absolute Gasteiger partial charge is 0.381 e. The molecule has 0 unspecified atom stereocenters. The van der Waals surface area contributed by atoms with Gasteiger partial charge in [-0.3, -0.25) is 4.79 Å². The molecule has 0 aliphatic heterocycles. The number of anilines is 1. The van der Waals surface area contributed by atoms with Gasteiger partial charge in [-0.2, -0.15) is 5.10 Å². The number of fused-ring (bicyclic) bond motifs is 1. The van der Waals surface area contributed by atoms with Gasteiger partial charge < -0.3 is 5.32 Å². The van der Waals surface area contributed by atoms with Crippen molar-refractivity contribution in [1.82, 2.24) is 9.78 Å². The van der Waals surface area contributed by atoms with E-state index in [1.165, 1.54) is 16.8 Å². The molecule has 3 aromatic rings. The Hall–Kier alpha value is -2.74. The van der Waals surface area contributed by atoms with Crippen molar-refractivity contribution < 1.29 is 12.8 Å². The van der Waals surface area contributed by atoms with E-state index in [1.807, 2.05) is 12.1 Å². The first-order valence-electron chi connectivity index (χ1n) is 7.54. The highest BCUT2D eigenvalue weighted by molar-refractivity contribution is 7.90. The molecule has 0 radical (unpaired) electrons. The molecule has 0 aliphatic carbocycles. The van der Waals surface area contributed by atoms with Crippen LogP contribution in [0.3, 0.4) is 0 Å². The van der Waals surface area contributed by atoms with Gasteiger partial charge in [-0.25, -0.2) is 17.5 Å². The maximum absolute atomic E-state index is 14.0. The summed E-state index contributed by atoms with van der Waals surface area (Å²) in [6.07, 6.45) is 2.63. The molecule has 0 aliphatic rings. The average molecular weight is 361 g/mol. The summed E-state index contributed by atoms with van der Waals surface area (Å²) in [5.74, 6) is -0.665. The summed E-state index contributed by atoms with van der Waals surface area (Å²) in [5, 5.41) is 8.28. The predicted molar refractivity (Wildman–Crippen MR) is 94.0 cm³/mol. The molecule has 0 saturated carbocycles. The molecule has 0 fully saturated rings. The van der Waals surface area contributed by atoms with Crippen LogP contribution in [0.4, 0.5) is 10.1 Å². The summed E-state index contributed by atoms with van der Waals surface area (Å²) in [5.41, 5.74) is -0.0472. The van der Waals surface area contributed by atoms with Crippen molar-refractivity contribution in [3.05, 3.63) is 64.8 Å². The first-order chi connectivity index (χ1) is 11.9. The molecule has 1 heterocycles. The highest BCUT2D eigenvalue weighted by atomic mass is 32.2. The number of hydrogen-bond acceptors (Lipinski definition) is 5. The fourth-order valence-corrected chi connectivity index (χ4v) is 3.09. The molecule has 130 valence electrons. The number of nitrogens with zero attached hydrogens (tertiary/aromatic N) is 2. The minimum absolute atomic E-state index is 0.0806. The number of hydrogen-bond donors (Lipinski definition) is 1. The van der Waals surface area contributed by atoms with Crippen LogP contribution in [0.2, 0.25) is 0 Å². The van der Waals surface area contributed by atoms with E-state index >= 15 is 0 Å². The average Bonchev–Trinajstić information content (AvgIpc) is 2.57. The monoisotopic (exact) mass is 361 g/mol. The smallest absolute Gasteiger partial charge is 0.274 e. The number of sulfone groups is 1. The number of halogens is 1. The van der Waals surface area contributed by atoms with Crippen molar-refractivity contribution in [3.63, 3.8) is 0 Å². The molecule has 0 spiro atoms. The Morgan fingerprint density at radius 3 is 2.68 bits per heavy atom. The van der Waals surface area contributed by atoms with Gasteiger partial charge in [-0.15, -0.1) is 0 Å². The molecule has 8 heteroatoms. The lowest BCUT2D eigenvalue weighted by Crippen LogP contribution is -2.26. The normalized spacial score (nSPS) is 11.6. The van der Waals surface area contributed by atoms with Crippen LogP contribution >= 0.6 is 0 Å². The number of aromatic nitrogens is 2. The first-order valence-corrected chi connectivity index (χ1v) is 9.44. The van der Waals surface area contributed by atoms with E-state index in [0.717, 1.165) is 17.7 Å². The van der Waals surface area contributed by atoms with Crippen LogP contribution < -0.4 is 10.9 Å². The Labute approximate surface area is 143 Å². The molecule has 1 N–H and O–H groups in total.